The minimum atomic E-state index is -0.579. The number of halogens is 1. The first-order valence-corrected chi connectivity index (χ1v) is 6.35. The van der Waals surface area contributed by atoms with E-state index in [1.165, 1.54) is 0 Å². The molecule has 0 saturated heterocycles. The first kappa shape index (κ1) is 15.0. The summed E-state index contributed by atoms with van der Waals surface area (Å²) in [5, 5.41) is 0.123. The summed E-state index contributed by atoms with van der Waals surface area (Å²) >= 11 is 5.84. The van der Waals surface area contributed by atoms with Gasteiger partial charge in [-0.25, -0.2) is 4.79 Å². The lowest BCUT2D eigenvalue weighted by molar-refractivity contribution is -0.0239. The van der Waals surface area contributed by atoms with Crippen LogP contribution in [0.4, 0.5) is 0 Å². The Labute approximate surface area is 111 Å². The monoisotopic (exact) mass is 274 g/mol. The molecule has 1 rings (SSSR count). The molecular weight excluding hydrogens is 256 g/mol. The molecule has 0 unspecified atom stereocenters. The van der Waals surface area contributed by atoms with Gasteiger partial charge in [0.2, 0.25) is 0 Å². The molecule has 0 saturated carbocycles. The quantitative estimate of drug-likeness (QED) is 0.829. The molecule has 5 nitrogen and oxygen atoms in total. The first-order valence-electron chi connectivity index (χ1n) is 5.97. The highest BCUT2D eigenvalue weighted by Gasteiger charge is 2.22. The molecule has 0 fully saturated rings. The number of rotatable bonds is 5. The summed E-state index contributed by atoms with van der Waals surface area (Å²) in [6, 6.07) is 0. The number of aromatic amines is 1. The van der Waals surface area contributed by atoms with Crippen molar-refractivity contribution in [3.05, 3.63) is 31.6 Å². The Hall–Kier alpha value is -1.07. The molecule has 6 heteroatoms. The molecule has 0 radical (unpaired) electrons. The van der Waals surface area contributed by atoms with Gasteiger partial charge < -0.3 is 4.74 Å². The van der Waals surface area contributed by atoms with Crippen molar-refractivity contribution >= 4 is 11.6 Å². The van der Waals surface area contributed by atoms with Crippen LogP contribution in [0.1, 0.15) is 33.3 Å². The van der Waals surface area contributed by atoms with Gasteiger partial charge in [0.05, 0.1) is 17.7 Å². The Morgan fingerprint density at radius 3 is 2.44 bits per heavy atom. The van der Waals surface area contributed by atoms with E-state index in [2.05, 4.69) is 4.98 Å². The fourth-order valence-electron chi connectivity index (χ4n) is 1.85. The largest absolute Gasteiger partial charge is 0.374 e. The van der Waals surface area contributed by atoms with Crippen LogP contribution >= 0.6 is 11.6 Å². The third-order valence-electron chi connectivity index (χ3n) is 2.66. The maximum atomic E-state index is 12.1. The van der Waals surface area contributed by atoms with Crippen LogP contribution in [0.3, 0.4) is 0 Å². The summed E-state index contributed by atoms with van der Waals surface area (Å²) in [6.45, 7) is 8.07. The van der Waals surface area contributed by atoms with Crippen LogP contribution in [0.5, 0.6) is 0 Å². The Morgan fingerprint density at radius 1 is 1.33 bits per heavy atom. The summed E-state index contributed by atoms with van der Waals surface area (Å²) in [6.07, 6.45) is 0.476. The minimum absolute atomic E-state index is 0.123. The van der Waals surface area contributed by atoms with Crippen LogP contribution in [-0.4, -0.2) is 21.8 Å². The molecule has 0 spiro atoms. The summed E-state index contributed by atoms with van der Waals surface area (Å²) in [5.74, 6) is 0. The zero-order valence-corrected chi connectivity index (χ0v) is 11.9. The summed E-state index contributed by atoms with van der Waals surface area (Å²) in [7, 11) is 0. The molecule has 0 amide bonds. The predicted molar refractivity (Wildman–Crippen MR) is 71.4 cm³/mol. The molecular formula is C12H19ClN2O3. The van der Waals surface area contributed by atoms with E-state index in [1.807, 2.05) is 27.7 Å². The lowest BCUT2D eigenvalue weighted by Crippen LogP contribution is -2.44. The van der Waals surface area contributed by atoms with Crippen LogP contribution in [0, 0.1) is 0 Å². The molecule has 102 valence electrons. The Balaban J connectivity index is 3.26. The third-order valence-corrected chi connectivity index (χ3v) is 2.98. The molecule has 1 heterocycles. The fraction of sp³-hybridized carbons (Fsp3) is 0.667. The molecule has 18 heavy (non-hydrogen) atoms. The van der Waals surface area contributed by atoms with E-state index in [0.717, 1.165) is 4.57 Å². The average Bonchev–Trinajstić information content (AvgIpc) is 2.24. The van der Waals surface area contributed by atoms with Gasteiger partial charge in [-0.2, -0.15) is 0 Å². The summed E-state index contributed by atoms with van der Waals surface area (Å²) in [5.41, 5.74) is -1.01. The number of hydrogen-bond acceptors (Lipinski definition) is 3. The maximum Gasteiger partial charge on any atom is 0.329 e. The Bertz CT molecular complexity index is 531. The molecule has 1 N–H and O–H groups in total. The predicted octanol–water partition coefficient (Wildman–Crippen LogP) is 1.57. The molecule has 0 aliphatic carbocycles. The van der Waals surface area contributed by atoms with Gasteiger partial charge >= 0.3 is 5.69 Å². The molecule has 0 bridgehead atoms. The average molecular weight is 275 g/mol. The van der Waals surface area contributed by atoms with Crippen LogP contribution in [0.15, 0.2) is 9.59 Å². The van der Waals surface area contributed by atoms with E-state index >= 15 is 0 Å². The van der Waals surface area contributed by atoms with Crippen molar-refractivity contribution in [1.82, 2.24) is 9.55 Å². The standard InChI is InChI=1S/C12H19ClN2O3/c1-5-8-9(13)14-11(17)15(10(8)16)7-12(3,4)18-6-2/h5-7H2,1-4H3,(H,14,17). The minimum Gasteiger partial charge on any atom is -0.374 e. The van der Waals surface area contributed by atoms with Crippen LogP contribution in [0.25, 0.3) is 0 Å². The van der Waals surface area contributed by atoms with E-state index in [-0.39, 0.29) is 17.3 Å². The van der Waals surface area contributed by atoms with Crippen molar-refractivity contribution in [3.63, 3.8) is 0 Å². The van der Waals surface area contributed by atoms with Crippen LogP contribution in [-0.2, 0) is 17.7 Å². The van der Waals surface area contributed by atoms with Gasteiger partial charge in [-0.1, -0.05) is 18.5 Å². The SMILES string of the molecule is CCOC(C)(C)Cn1c(=O)[nH]c(Cl)c(CC)c1=O. The van der Waals surface area contributed by atoms with Gasteiger partial charge in [0.1, 0.15) is 5.15 Å². The number of H-pyrrole nitrogens is 1. The highest BCUT2D eigenvalue weighted by atomic mass is 35.5. The molecule has 1 aromatic heterocycles. The molecule has 0 aliphatic rings. The van der Waals surface area contributed by atoms with E-state index in [0.29, 0.717) is 18.6 Å². The van der Waals surface area contributed by atoms with Gasteiger partial charge in [0.25, 0.3) is 5.56 Å². The van der Waals surface area contributed by atoms with Crippen molar-refractivity contribution in [2.24, 2.45) is 0 Å². The highest BCUT2D eigenvalue weighted by Crippen LogP contribution is 2.11. The van der Waals surface area contributed by atoms with E-state index in [4.69, 9.17) is 16.3 Å². The van der Waals surface area contributed by atoms with E-state index < -0.39 is 11.3 Å². The first-order chi connectivity index (χ1) is 8.32. The van der Waals surface area contributed by atoms with Crippen molar-refractivity contribution in [2.45, 2.75) is 46.3 Å². The fourth-order valence-corrected chi connectivity index (χ4v) is 2.15. The van der Waals surface area contributed by atoms with Gasteiger partial charge in [0.15, 0.2) is 0 Å². The topological polar surface area (TPSA) is 64.1 Å². The molecule has 1 aromatic rings. The smallest absolute Gasteiger partial charge is 0.329 e. The third kappa shape index (κ3) is 3.23. The normalized spacial score (nSPS) is 11.8. The second-order valence-corrected chi connectivity index (χ2v) is 5.04. The number of nitrogens with zero attached hydrogens (tertiary/aromatic N) is 1. The van der Waals surface area contributed by atoms with Gasteiger partial charge in [-0.05, 0) is 27.2 Å². The Morgan fingerprint density at radius 2 is 1.94 bits per heavy atom. The number of aromatic nitrogens is 2. The van der Waals surface area contributed by atoms with E-state index in [9.17, 15) is 9.59 Å². The van der Waals surface area contributed by atoms with Crippen molar-refractivity contribution < 1.29 is 4.74 Å². The molecule has 0 aromatic carbocycles. The van der Waals surface area contributed by atoms with E-state index in [1.54, 1.807) is 0 Å². The van der Waals surface area contributed by atoms with Crippen molar-refractivity contribution in [1.29, 1.82) is 0 Å². The zero-order valence-electron chi connectivity index (χ0n) is 11.2. The highest BCUT2D eigenvalue weighted by molar-refractivity contribution is 6.30. The number of nitrogens with one attached hydrogen (secondary N) is 1. The number of hydrogen-bond donors (Lipinski definition) is 1. The maximum absolute atomic E-state index is 12.1. The van der Waals surface area contributed by atoms with Crippen molar-refractivity contribution in [3.8, 4) is 0 Å². The summed E-state index contributed by atoms with van der Waals surface area (Å²) < 4.78 is 6.64. The molecule has 0 aliphatic heterocycles. The summed E-state index contributed by atoms with van der Waals surface area (Å²) in [4.78, 5) is 26.4. The van der Waals surface area contributed by atoms with Crippen molar-refractivity contribution in [2.75, 3.05) is 6.61 Å². The number of ether oxygens (including phenoxy) is 1. The van der Waals surface area contributed by atoms with Gasteiger partial charge in [-0.3, -0.25) is 14.3 Å². The zero-order chi connectivity index (χ0) is 13.9. The van der Waals surface area contributed by atoms with Gasteiger partial charge in [-0.15, -0.1) is 0 Å². The second-order valence-electron chi connectivity index (χ2n) is 4.66. The second kappa shape index (κ2) is 5.71. The van der Waals surface area contributed by atoms with Crippen LogP contribution in [0.2, 0.25) is 5.15 Å². The Kier molecular flexibility index (Phi) is 4.76. The molecule has 0 atom stereocenters. The lowest BCUT2D eigenvalue weighted by Gasteiger charge is -2.25. The van der Waals surface area contributed by atoms with Gasteiger partial charge in [0, 0.05) is 6.61 Å². The van der Waals surface area contributed by atoms with Crippen LogP contribution < -0.4 is 11.2 Å². The lowest BCUT2D eigenvalue weighted by atomic mass is 10.1.